The molecule has 0 spiro atoms. The van der Waals surface area contributed by atoms with E-state index in [1.807, 2.05) is 6.08 Å². The predicted molar refractivity (Wildman–Crippen MR) is 78.2 cm³/mol. The third kappa shape index (κ3) is 1.72. The highest BCUT2D eigenvalue weighted by Crippen LogP contribution is 2.50. The zero-order valence-corrected chi connectivity index (χ0v) is 12.0. The van der Waals surface area contributed by atoms with Gasteiger partial charge >= 0.3 is 0 Å². The van der Waals surface area contributed by atoms with Crippen LogP contribution in [0, 0.1) is 10.8 Å². The number of hydrogen-bond donors (Lipinski definition) is 0. The van der Waals surface area contributed by atoms with Gasteiger partial charge in [-0.1, -0.05) is 58.2 Å². The normalized spacial score (nSPS) is 27.0. The van der Waals surface area contributed by atoms with Crippen LogP contribution >= 0.6 is 24.4 Å². The Morgan fingerprint density at radius 1 is 0.938 bits per heavy atom. The van der Waals surface area contributed by atoms with E-state index < -0.39 is 0 Å². The number of rotatable bonds is 0. The molecule has 16 heavy (non-hydrogen) atoms. The van der Waals surface area contributed by atoms with Crippen LogP contribution in [0.1, 0.15) is 40.5 Å². The van der Waals surface area contributed by atoms with E-state index in [-0.39, 0.29) is 10.8 Å². The third-order valence-corrected chi connectivity index (χ3v) is 4.80. The average Bonchev–Trinajstić information content (AvgIpc) is 2.17. The van der Waals surface area contributed by atoms with Crippen molar-refractivity contribution in [2.24, 2.45) is 10.8 Å². The molecule has 2 aliphatic rings. The molecular weight excluding hydrogens is 232 g/mol. The molecule has 2 rings (SSSR count). The van der Waals surface area contributed by atoms with Crippen LogP contribution in [0.2, 0.25) is 0 Å². The molecule has 0 unspecified atom stereocenters. The van der Waals surface area contributed by atoms with Crippen molar-refractivity contribution >= 4 is 34.2 Å². The quantitative estimate of drug-likeness (QED) is 0.583. The molecule has 0 aromatic rings. The lowest BCUT2D eigenvalue weighted by atomic mass is 9.61. The maximum absolute atomic E-state index is 5.53. The van der Waals surface area contributed by atoms with Gasteiger partial charge in [-0.3, -0.25) is 0 Å². The molecule has 2 heteroatoms. The SMILES string of the molecule is CC1(C)CCC(C)(C)C2=C1C=CC(=S)C2=S. The lowest BCUT2D eigenvalue weighted by molar-refractivity contribution is 0.277. The Morgan fingerprint density at radius 3 is 2.12 bits per heavy atom. The van der Waals surface area contributed by atoms with Crippen molar-refractivity contribution in [3.05, 3.63) is 23.3 Å². The monoisotopic (exact) mass is 250 g/mol. The molecule has 0 bridgehead atoms. The van der Waals surface area contributed by atoms with E-state index in [0.29, 0.717) is 0 Å². The van der Waals surface area contributed by atoms with Gasteiger partial charge in [0, 0.05) is 0 Å². The van der Waals surface area contributed by atoms with Crippen LogP contribution in [0.25, 0.3) is 0 Å². The molecule has 2 aliphatic carbocycles. The van der Waals surface area contributed by atoms with Gasteiger partial charge in [-0.15, -0.1) is 0 Å². The second-order valence-electron chi connectivity index (χ2n) is 6.08. The molecule has 0 amide bonds. The topological polar surface area (TPSA) is 0 Å². The minimum Gasteiger partial charge on any atom is -0.0785 e. The lowest BCUT2D eigenvalue weighted by Gasteiger charge is -2.44. The fourth-order valence-electron chi connectivity index (χ4n) is 2.68. The van der Waals surface area contributed by atoms with E-state index in [1.165, 1.54) is 24.0 Å². The molecule has 0 saturated carbocycles. The first-order valence-corrected chi connectivity index (χ1v) is 6.59. The van der Waals surface area contributed by atoms with Crippen LogP contribution in [0.4, 0.5) is 0 Å². The van der Waals surface area contributed by atoms with Gasteiger partial charge in [-0.05, 0) is 40.9 Å². The van der Waals surface area contributed by atoms with Gasteiger partial charge in [0.2, 0.25) is 0 Å². The Balaban J connectivity index is 2.66. The van der Waals surface area contributed by atoms with Crippen molar-refractivity contribution in [1.82, 2.24) is 0 Å². The van der Waals surface area contributed by atoms with Crippen molar-refractivity contribution in [2.75, 3.05) is 0 Å². The molecule has 0 atom stereocenters. The number of allylic oxidation sites excluding steroid dienone is 4. The van der Waals surface area contributed by atoms with Crippen molar-refractivity contribution < 1.29 is 0 Å². The second-order valence-corrected chi connectivity index (χ2v) is 6.93. The smallest absolute Gasteiger partial charge is 0.0598 e. The van der Waals surface area contributed by atoms with E-state index >= 15 is 0 Å². The fourth-order valence-corrected chi connectivity index (χ4v) is 3.31. The van der Waals surface area contributed by atoms with E-state index in [4.69, 9.17) is 24.4 Å². The van der Waals surface area contributed by atoms with Crippen LogP contribution in [0.15, 0.2) is 23.3 Å². The Labute approximate surface area is 109 Å². The first kappa shape index (κ1) is 12.1. The van der Waals surface area contributed by atoms with Crippen LogP contribution in [-0.2, 0) is 0 Å². The zero-order chi connectivity index (χ0) is 12.1. The van der Waals surface area contributed by atoms with Gasteiger partial charge in [-0.2, -0.15) is 0 Å². The molecule has 0 saturated heterocycles. The summed E-state index contributed by atoms with van der Waals surface area (Å²) in [5, 5.41) is 0. The lowest BCUT2D eigenvalue weighted by Crippen LogP contribution is -2.36. The highest BCUT2D eigenvalue weighted by Gasteiger charge is 2.41. The van der Waals surface area contributed by atoms with E-state index in [1.54, 1.807) is 0 Å². The maximum atomic E-state index is 5.53. The van der Waals surface area contributed by atoms with Crippen LogP contribution in [-0.4, -0.2) is 9.73 Å². The van der Waals surface area contributed by atoms with Gasteiger partial charge in [0.1, 0.15) is 0 Å². The highest BCUT2D eigenvalue weighted by atomic mass is 32.1. The van der Waals surface area contributed by atoms with Gasteiger partial charge < -0.3 is 0 Å². The van der Waals surface area contributed by atoms with Crippen molar-refractivity contribution in [3.8, 4) is 0 Å². The Hall–Kier alpha value is -0.340. The standard InChI is InChI=1S/C14H18S2/c1-13(2)7-8-14(3,4)11-9(13)5-6-10(15)12(11)16/h5-6H,7-8H2,1-4H3. The molecule has 0 aromatic heterocycles. The van der Waals surface area contributed by atoms with Gasteiger partial charge in [-0.25, -0.2) is 0 Å². The molecule has 0 N–H and O–H groups in total. The molecule has 0 aromatic carbocycles. The Morgan fingerprint density at radius 2 is 1.50 bits per heavy atom. The minimum atomic E-state index is 0.177. The molecular formula is C14H18S2. The summed E-state index contributed by atoms with van der Waals surface area (Å²) in [6.07, 6.45) is 6.60. The van der Waals surface area contributed by atoms with Crippen LogP contribution < -0.4 is 0 Å². The average molecular weight is 250 g/mol. The summed E-state index contributed by atoms with van der Waals surface area (Å²) >= 11 is 10.8. The van der Waals surface area contributed by atoms with Crippen molar-refractivity contribution in [3.63, 3.8) is 0 Å². The first-order valence-electron chi connectivity index (χ1n) is 5.78. The summed E-state index contributed by atoms with van der Waals surface area (Å²) in [4.78, 5) is 1.74. The predicted octanol–water partition coefficient (Wildman–Crippen LogP) is 4.44. The fraction of sp³-hybridized carbons (Fsp3) is 0.571. The van der Waals surface area contributed by atoms with Gasteiger partial charge in [0.15, 0.2) is 0 Å². The highest BCUT2D eigenvalue weighted by molar-refractivity contribution is 7.90. The van der Waals surface area contributed by atoms with Crippen LogP contribution in [0.5, 0.6) is 0 Å². The van der Waals surface area contributed by atoms with Crippen molar-refractivity contribution in [2.45, 2.75) is 40.5 Å². The molecule has 0 aliphatic heterocycles. The Kier molecular flexibility index (Phi) is 2.71. The van der Waals surface area contributed by atoms with Gasteiger partial charge in [0.05, 0.1) is 9.73 Å². The maximum Gasteiger partial charge on any atom is 0.0598 e. The molecule has 86 valence electrons. The minimum absolute atomic E-state index is 0.177. The number of thiocarbonyl (C=S) groups is 2. The van der Waals surface area contributed by atoms with Crippen molar-refractivity contribution in [1.29, 1.82) is 0 Å². The van der Waals surface area contributed by atoms with E-state index in [9.17, 15) is 0 Å². The number of hydrogen-bond acceptors (Lipinski definition) is 2. The molecule has 0 fully saturated rings. The van der Waals surface area contributed by atoms with Gasteiger partial charge in [0.25, 0.3) is 0 Å². The van der Waals surface area contributed by atoms with E-state index in [2.05, 4.69) is 33.8 Å². The third-order valence-electron chi connectivity index (χ3n) is 3.90. The van der Waals surface area contributed by atoms with E-state index in [0.717, 1.165) is 9.73 Å². The Bertz CT molecular complexity index is 434. The zero-order valence-electron chi connectivity index (χ0n) is 10.4. The first-order chi connectivity index (χ1) is 7.26. The summed E-state index contributed by atoms with van der Waals surface area (Å²) in [5.74, 6) is 0. The summed E-state index contributed by atoms with van der Waals surface area (Å²) in [7, 11) is 0. The van der Waals surface area contributed by atoms with Crippen LogP contribution in [0.3, 0.4) is 0 Å². The molecule has 0 nitrogen and oxygen atoms in total. The summed E-state index contributed by atoms with van der Waals surface area (Å²) in [5.41, 5.74) is 3.15. The molecule has 0 radical (unpaired) electrons. The summed E-state index contributed by atoms with van der Waals surface area (Å²) in [6, 6.07) is 0. The largest absolute Gasteiger partial charge is 0.0785 e. The summed E-state index contributed by atoms with van der Waals surface area (Å²) in [6.45, 7) is 9.18. The summed E-state index contributed by atoms with van der Waals surface area (Å²) < 4.78 is 0. The molecule has 0 heterocycles. The second kappa shape index (κ2) is 3.58.